The molecule has 1 N–H and O–H groups in total. The van der Waals surface area contributed by atoms with Crippen LogP contribution in [0, 0.1) is 0 Å². The van der Waals surface area contributed by atoms with Crippen molar-refractivity contribution < 1.29 is 19.1 Å². The van der Waals surface area contributed by atoms with Crippen LogP contribution in [0.4, 0.5) is 5.69 Å². The molecular weight excluding hydrogens is 424 g/mol. The average Bonchev–Trinajstić information content (AvgIpc) is 3.53. The van der Waals surface area contributed by atoms with E-state index in [-0.39, 0.29) is 30.9 Å². The molecule has 148 valence electrons. The van der Waals surface area contributed by atoms with Crippen LogP contribution in [0.5, 0.6) is 11.5 Å². The molecule has 7 heteroatoms. The van der Waals surface area contributed by atoms with E-state index in [4.69, 9.17) is 9.47 Å². The number of hydrogen-bond acceptors (Lipinski definition) is 4. The van der Waals surface area contributed by atoms with Crippen LogP contribution in [-0.4, -0.2) is 43.0 Å². The lowest BCUT2D eigenvalue weighted by Gasteiger charge is -2.22. The van der Waals surface area contributed by atoms with Crippen molar-refractivity contribution in [1.29, 1.82) is 0 Å². The zero-order valence-corrected chi connectivity index (χ0v) is 17.3. The number of anilines is 1. The number of rotatable bonds is 9. The molecule has 1 saturated carbocycles. The van der Waals surface area contributed by atoms with Crippen LogP contribution in [0.3, 0.4) is 0 Å². The van der Waals surface area contributed by atoms with Gasteiger partial charge in [-0.3, -0.25) is 9.59 Å². The molecule has 0 aromatic heterocycles. The number of ether oxygens (including phenoxy) is 2. The number of nitrogens with zero attached hydrogens (tertiary/aromatic N) is 1. The molecule has 0 spiro atoms. The molecule has 0 heterocycles. The number of carbonyl (C=O) groups is 2. The summed E-state index contributed by atoms with van der Waals surface area (Å²) in [6.07, 6.45) is 2.16. The van der Waals surface area contributed by atoms with Crippen LogP contribution in [0.25, 0.3) is 0 Å². The standard InChI is InChI=1S/C21H23BrN2O4/c1-27-18-8-4-5-9-19(18)28-14-21(26)24(15-10-11-15)13-12-20(25)23-17-7-3-2-6-16(17)22/h2-9,15H,10-14H2,1H3,(H,23,25). The van der Waals surface area contributed by atoms with Crippen molar-refractivity contribution in [2.45, 2.75) is 25.3 Å². The van der Waals surface area contributed by atoms with Crippen molar-refractivity contribution in [3.8, 4) is 11.5 Å². The van der Waals surface area contributed by atoms with E-state index >= 15 is 0 Å². The molecule has 1 fully saturated rings. The van der Waals surface area contributed by atoms with Gasteiger partial charge in [0, 0.05) is 23.5 Å². The summed E-state index contributed by atoms with van der Waals surface area (Å²) >= 11 is 3.41. The second-order valence-electron chi connectivity index (χ2n) is 6.54. The van der Waals surface area contributed by atoms with Crippen LogP contribution in [0.1, 0.15) is 19.3 Å². The first kappa shape index (κ1) is 20.2. The summed E-state index contributed by atoms with van der Waals surface area (Å²) in [6, 6.07) is 14.8. The quantitative estimate of drug-likeness (QED) is 0.634. The van der Waals surface area contributed by atoms with Gasteiger partial charge in [0.25, 0.3) is 5.91 Å². The van der Waals surface area contributed by atoms with E-state index in [9.17, 15) is 9.59 Å². The van der Waals surface area contributed by atoms with Gasteiger partial charge in [-0.15, -0.1) is 0 Å². The molecular formula is C21H23BrN2O4. The number of amides is 2. The molecule has 0 radical (unpaired) electrons. The van der Waals surface area contributed by atoms with Crippen LogP contribution in [0.15, 0.2) is 53.0 Å². The van der Waals surface area contributed by atoms with E-state index in [2.05, 4.69) is 21.2 Å². The zero-order chi connectivity index (χ0) is 19.9. The minimum Gasteiger partial charge on any atom is -0.493 e. The van der Waals surface area contributed by atoms with Gasteiger partial charge in [-0.25, -0.2) is 0 Å². The summed E-state index contributed by atoms with van der Waals surface area (Å²) in [5, 5.41) is 2.87. The Morgan fingerprint density at radius 3 is 2.46 bits per heavy atom. The van der Waals surface area contributed by atoms with Gasteiger partial charge < -0.3 is 19.7 Å². The number of nitrogens with one attached hydrogen (secondary N) is 1. The number of halogens is 1. The Morgan fingerprint density at radius 1 is 1.11 bits per heavy atom. The van der Waals surface area contributed by atoms with Crippen molar-refractivity contribution in [2.75, 3.05) is 25.6 Å². The predicted molar refractivity (Wildman–Crippen MR) is 111 cm³/mol. The Labute approximate surface area is 172 Å². The van der Waals surface area contributed by atoms with Gasteiger partial charge in [-0.1, -0.05) is 24.3 Å². The molecule has 28 heavy (non-hydrogen) atoms. The summed E-state index contributed by atoms with van der Waals surface area (Å²) in [5.41, 5.74) is 0.719. The van der Waals surface area contributed by atoms with E-state index in [1.54, 1.807) is 24.1 Å². The molecule has 6 nitrogen and oxygen atoms in total. The Morgan fingerprint density at radius 2 is 1.79 bits per heavy atom. The maximum absolute atomic E-state index is 12.6. The molecule has 1 aliphatic carbocycles. The van der Waals surface area contributed by atoms with Crippen molar-refractivity contribution in [3.05, 3.63) is 53.0 Å². The van der Waals surface area contributed by atoms with Gasteiger partial charge in [-0.05, 0) is 53.0 Å². The maximum Gasteiger partial charge on any atom is 0.260 e. The first-order valence-corrected chi connectivity index (χ1v) is 9.97. The lowest BCUT2D eigenvalue weighted by atomic mass is 10.3. The Kier molecular flexibility index (Phi) is 6.92. The van der Waals surface area contributed by atoms with Crippen molar-refractivity contribution in [2.24, 2.45) is 0 Å². The number of para-hydroxylation sites is 3. The fourth-order valence-corrected chi connectivity index (χ4v) is 3.24. The lowest BCUT2D eigenvalue weighted by Crippen LogP contribution is -2.38. The highest BCUT2D eigenvalue weighted by molar-refractivity contribution is 9.10. The van der Waals surface area contributed by atoms with Crippen molar-refractivity contribution in [3.63, 3.8) is 0 Å². The minimum absolute atomic E-state index is 0.0806. The summed E-state index contributed by atoms with van der Waals surface area (Å²) < 4.78 is 11.7. The van der Waals surface area contributed by atoms with Gasteiger partial charge >= 0.3 is 0 Å². The summed E-state index contributed by atoms with van der Waals surface area (Å²) in [6.45, 7) is 0.289. The number of methoxy groups -OCH3 is 1. The third kappa shape index (κ3) is 5.48. The van der Waals surface area contributed by atoms with Crippen LogP contribution < -0.4 is 14.8 Å². The van der Waals surface area contributed by atoms with Gasteiger partial charge in [0.15, 0.2) is 18.1 Å². The SMILES string of the molecule is COc1ccccc1OCC(=O)N(CCC(=O)Nc1ccccc1Br)C1CC1. The van der Waals surface area contributed by atoms with Gasteiger partial charge in [0.05, 0.1) is 12.8 Å². The molecule has 0 bridgehead atoms. The molecule has 0 saturated heterocycles. The second-order valence-corrected chi connectivity index (χ2v) is 7.39. The first-order valence-electron chi connectivity index (χ1n) is 9.18. The topological polar surface area (TPSA) is 67.9 Å². The fraction of sp³-hybridized carbons (Fsp3) is 0.333. The van der Waals surface area contributed by atoms with Gasteiger partial charge in [0.2, 0.25) is 5.91 Å². The molecule has 0 atom stereocenters. The monoisotopic (exact) mass is 446 g/mol. The Hall–Kier alpha value is -2.54. The lowest BCUT2D eigenvalue weighted by molar-refractivity contribution is -0.134. The van der Waals surface area contributed by atoms with E-state index in [0.717, 1.165) is 23.0 Å². The molecule has 2 aromatic carbocycles. The normalized spacial score (nSPS) is 12.9. The van der Waals surface area contributed by atoms with Crippen LogP contribution in [-0.2, 0) is 9.59 Å². The van der Waals surface area contributed by atoms with E-state index < -0.39 is 0 Å². The van der Waals surface area contributed by atoms with E-state index in [0.29, 0.717) is 18.0 Å². The third-order valence-corrected chi connectivity index (χ3v) is 5.15. The van der Waals surface area contributed by atoms with Gasteiger partial charge in [0.1, 0.15) is 0 Å². The second kappa shape index (κ2) is 9.59. The largest absolute Gasteiger partial charge is 0.493 e. The Balaban J connectivity index is 1.52. The van der Waals surface area contributed by atoms with Crippen molar-refractivity contribution >= 4 is 33.4 Å². The van der Waals surface area contributed by atoms with Crippen LogP contribution >= 0.6 is 15.9 Å². The number of hydrogen-bond donors (Lipinski definition) is 1. The summed E-state index contributed by atoms with van der Waals surface area (Å²) in [4.78, 5) is 26.7. The number of benzene rings is 2. The first-order chi connectivity index (χ1) is 13.6. The average molecular weight is 447 g/mol. The smallest absolute Gasteiger partial charge is 0.260 e. The summed E-state index contributed by atoms with van der Waals surface area (Å²) in [7, 11) is 1.56. The van der Waals surface area contributed by atoms with Crippen molar-refractivity contribution in [1.82, 2.24) is 4.90 Å². The fourth-order valence-electron chi connectivity index (χ4n) is 2.85. The third-order valence-electron chi connectivity index (χ3n) is 4.46. The predicted octanol–water partition coefficient (Wildman–Crippen LogP) is 3.86. The van der Waals surface area contributed by atoms with E-state index in [1.165, 1.54) is 0 Å². The minimum atomic E-state index is -0.129. The molecule has 2 amide bonds. The van der Waals surface area contributed by atoms with E-state index in [1.807, 2.05) is 36.4 Å². The Bertz CT molecular complexity index is 839. The molecule has 3 rings (SSSR count). The molecule has 0 aliphatic heterocycles. The molecule has 0 unspecified atom stereocenters. The van der Waals surface area contributed by atoms with Crippen LogP contribution in [0.2, 0.25) is 0 Å². The zero-order valence-electron chi connectivity index (χ0n) is 15.7. The highest BCUT2D eigenvalue weighted by Gasteiger charge is 2.32. The highest BCUT2D eigenvalue weighted by Crippen LogP contribution is 2.29. The molecule has 2 aromatic rings. The summed E-state index contributed by atoms with van der Waals surface area (Å²) in [5.74, 6) is 0.861. The number of carbonyl (C=O) groups excluding carboxylic acids is 2. The molecule has 1 aliphatic rings. The highest BCUT2D eigenvalue weighted by atomic mass is 79.9. The van der Waals surface area contributed by atoms with Gasteiger partial charge in [-0.2, -0.15) is 0 Å². The maximum atomic E-state index is 12.6.